The van der Waals surface area contributed by atoms with Crippen molar-refractivity contribution in [2.45, 2.75) is 13.5 Å². The molecule has 0 aliphatic carbocycles. The highest BCUT2D eigenvalue weighted by Crippen LogP contribution is 2.25. The molecule has 0 aliphatic heterocycles. The number of anilines is 2. The molecule has 2 aromatic rings. The number of aromatic nitrogens is 2. The normalized spacial score (nSPS) is 10.5. The Kier molecular flexibility index (Phi) is 2.93. The monoisotopic (exact) mass is 229 g/mol. The highest BCUT2D eigenvalue weighted by molar-refractivity contribution is 5.68. The van der Waals surface area contributed by atoms with Crippen molar-refractivity contribution in [2.75, 3.05) is 11.5 Å². The molecule has 0 saturated heterocycles. The fourth-order valence-electron chi connectivity index (χ4n) is 1.63. The SMILES string of the molecule is Cc1c(N)nc(N)nc1-c1ccc(CN)cc1. The molecule has 1 aromatic carbocycles. The first kappa shape index (κ1) is 11.3. The molecule has 2 rings (SSSR count). The Bertz CT molecular complexity index is 533. The number of benzene rings is 1. The summed E-state index contributed by atoms with van der Waals surface area (Å²) in [4.78, 5) is 8.13. The zero-order valence-electron chi connectivity index (χ0n) is 9.64. The lowest BCUT2D eigenvalue weighted by molar-refractivity contribution is 1.07. The van der Waals surface area contributed by atoms with Gasteiger partial charge in [-0.25, -0.2) is 4.98 Å². The zero-order valence-corrected chi connectivity index (χ0v) is 9.64. The quantitative estimate of drug-likeness (QED) is 0.714. The predicted octanol–water partition coefficient (Wildman–Crippen LogP) is 1.08. The van der Waals surface area contributed by atoms with Gasteiger partial charge in [0.25, 0.3) is 0 Å². The minimum Gasteiger partial charge on any atom is -0.383 e. The molecule has 5 nitrogen and oxygen atoms in total. The molecule has 88 valence electrons. The predicted molar refractivity (Wildman–Crippen MR) is 68.9 cm³/mol. The van der Waals surface area contributed by atoms with Gasteiger partial charge in [-0.2, -0.15) is 4.98 Å². The first-order valence-corrected chi connectivity index (χ1v) is 5.30. The molecule has 0 spiro atoms. The lowest BCUT2D eigenvalue weighted by atomic mass is 10.1. The van der Waals surface area contributed by atoms with E-state index in [0.717, 1.165) is 22.4 Å². The molecule has 0 radical (unpaired) electrons. The summed E-state index contributed by atoms with van der Waals surface area (Å²) in [5.74, 6) is 0.599. The maximum Gasteiger partial charge on any atom is 0.222 e. The van der Waals surface area contributed by atoms with E-state index in [1.54, 1.807) is 0 Å². The third-order valence-electron chi connectivity index (χ3n) is 2.66. The molecule has 1 heterocycles. The van der Waals surface area contributed by atoms with Crippen molar-refractivity contribution in [3.05, 3.63) is 35.4 Å². The van der Waals surface area contributed by atoms with Crippen LogP contribution in [0, 0.1) is 6.92 Å². The first-order valence-electron chi connectivity index (χ1n) is 5.30. The molecule has 0 aliphatic rings. The van der Waals surface area contributed by atoms with Gasteiger partial charge in [-0.15, -0.1) is 0 Å². The van der Waals surface area contributed by atoms with Gasteiger partial charge in [0.2, 0.25) is 5.95 Å². The van der Waals surface area contributed by atoms with Crippen LogP contribution in [0.3, 0.4) is 0 Å². The van der Waals surface area contributed by atoms with E-state index in [1.807, 2.05) is 31.2 Å². The third-order valence-corrected chi connectivity index (χ3v) is 2.66. The molecular formula is C12H15N5. The van der Waals surface area contributed by atoms with E-state index in [-0.39, 0.29) is 5.95 Å². The summed E-state index contributed by atoms with van der Waals surface area (Å²) < 4.78 is 0. The van der Waals surface area contributed by atoms with Crippen LogP contribution in [-0.4, -0.2) is 9.97 Å². The molecule has 1 aromatic heterocycles. The molecule has 0 amide bonds. The summed E-state index contributed by atoms with van der Waals surface area (Å²) in [6.45, 7) is 2.40. The molecular weight excluding hydrogens is 214 g/mol. The highest BCUT2D eigenvalue weighted by atomic mass is 15.0. The van der Waals surface area contributed by atoms with Crippen molar-refractivity contribution < 1.29 is 0 Å². The zero-order chi connectivity index (χ0) is 12.4. The highest BCUT2D eigenvalue weighted by Gasteiger charge is 2.09. The summed E-state index contributed by atoms with van der Waals surface area (Å²) >= 11 is 0. The maximum absolute atomic E-state index is 5.76. The van der Waals surface area contributed by atoms with Crippen molar-refractivity contribution in [2.24, 2.45) is 5.73 Å². The van der Waals surface area contributed by atoms with Crippen molar-refractivity contribution in [3.63, 3.8) is 0 Å². The number of hydrogen-bond acceptors (Lipinski definition) is 5. The second-order valence-corrected chi connectivity index (χ2v) is 3.84. The molecule has 0 atom stereocenters. The van der Waals surface area contributed by atoms with Crippen LogP contribution in [0.5, 0.6) is 0 Å². The van der Waals surface area contributed by atoms with E-state index < -0.39 is 0 Å². The molecule has 17 heavy (non-hydrogen) atoms. The number of nitrogens with two attached hydrogens (primary N) is 3. The summed E-state index contributed by atoms with van der Waals surface area (Å²) in [7, 11) is 0. The fourth-order valence-corrected chi connectivity index (χ4v) is 1.63. The van der Waals surface area contributed by atoms with Gasteiger partial charge >= 0.3 is 0 Å². The lowest BCUT2D eigenvalue weighted by Gasteiger charge is -2.08. The van der Waals surface area contributed by atoms with Crippen molar-refractivity contribution >= 4 is 11.8 Å². The van der Waals surface area contributed by atoms with Gasteiger partial charge in [0, 0.05) is 17.7 Å². The van der Waals surface area contributed by atoms with Crippen molar-refractivity contribution in [3.8, 4) is 11.3 Å². The van der Waals surface area contributed by atoms with E-state index in [4.69, 9.17) is 17.2 Å². The standard InChI is InChI=1S/C12H15N5/c1-7-10(16-12(15)17-11(7)14)9-4-2-8(6-13)3-5-9/h2-5H,6,13H2,1H3,(H4,14,15,16,17). The molecule has 0 fully saturated rings. The minimum absolute atomic E-state index is 0.186. The lowest BCUT2D eigenvalue weighted by Crippen LogP contribution is -2.04. The average molecular weight is 229 g/mol. The van der Waals surface area contributed by atoms with Gasteiger partial charge < -0.3 is 17.2 Å². The fraction of sp³-hybridized carbons (Fsp3) is 0.167. The van der Waals surface area contributed by atoms with Crippen LogP contribution in [0.1, 0.15) is 11.1 Å². The second-order valence-electron chi connectivity index (χ2n) is 3.84. The van der Waals surface area contributed by atoms with Gasteiger partial charge in [-0.3, -0.25) is 0 Å². The van der Waals surface area contributed by atoms with Gasteiger partial charge in [0.1, 0.15) is 5.82 Å². The van der Waals surface area contributed by atoms with Gasteiger partial charge in [0.05, 0.1) is 5.69 Å². The number of nitrogen functional groups attached to an aromatic ring is 2. The Labute approximate surface area is 99.7 Å². The van der Waals surface area contributed by atoms with Crippen LogP contribution < -0.4 is 17.2 Å². The first-order chi connectivity index (χ1) is 8.11. The minimum atomic E-state index is 0.186. The van der Waals surface area contributed by atoms with Gasteiger partial charge in [0.15, 0.2) is 0 Å². The van der Waals surface area contributed by atoms with Crippen LogP contribution in [0.4, 0.5) is 11.8 Å². The van der Waals surface area contributed by atoms with Crippen molar-refractivity contribution in [1.29, 1.82) is 0 Å². The molecule has 6 N–H and O–H groups in total. The Morgan fingerprint density at radius 1 is 1.06 bits per heavy atom. The third kappa shape index (κ3) is 2.19. The van der Waals surface area contributed by atoms with E-state index >= 15 is 0 Å². The largest absolute Gasteiger partial charge is 0.383 e. The smallest absolute Gasteiger partial charge is 0.222 e. The van der Waals surface area contributed by atoms with Crippen LogP contribution in [0.15, 0.2) is 24.3 Å². The average Bonchev–Trinajstić information content (AvgIpc) is 2.34. The molecule has 0 saturated carbocycles. The topological polar surface area (TPSA) is 104 Å². The maximum atomic E-state index is 5.76. The number of nitrogens with zero attached hydrogens (tertiary/aromatic N) is 2. The number of rotatable bonds is 2. The van der Waals surface area contributed by atoms with Crippen LogP contribution >= 0.6 is 0 Å². The number of hydrogen-bond donors (Lipinski definition) is 3. The van der Waals surface area contributed by atoms with E-state index in [0.29, 0.717) is 12.4 Å². The molecule has 0 bridgehead atoms. The van der Waals surface area contributed by atoms with Crippen LogP contribution in [0.2, 0.25) is 0 Å². The van der Waals surface area contributed by atoms with E-state index in [2.05, 4.69) is 9.97 Å². The van der Waals surface area contributed by atoms with E-state index in [1.165, 1.54) is 0 Å². The Morgan fingerprint density at radius 3 is 2.29 bits per heavy atom. The summed E-state index contributed by atoms with van der Waals surface area (Å²) in [6, 6.07) is 7.83. The molecule has 5 heteroatoms. The summed E-state index contributed by atoms with van der Waals surface area (Å²) in [5, 5.41) is 0. The second kappa shape index (κ2) is 4.39. The Balaban J connectivity index is 2.52. The van der Waals surface area contributed by atoms with Gasteiger partial charge in [-0.05, 0) is 12.5 Å². The van der Waals surface area contributed by atoms with Gasteiger partial charge in [-0.1, -0.05) is 24.3 Å². The Morgan fingerprint density at radius 2 is 1.71 bits per heavy atom. The van der Waals surface area contributed by atoms with Crippen LogP contribution in [-0.2, 0) is 6.54 Å². The summed E-state index contributed by atoms with van der Waals surface area (Å²) in [6.07, 6.45) is 0. The molecule has 0 unspecified atom stereocenters. The van der Waals surface area contributed by atoms with Crippen LogP contribution in [0.25, 0.3) is 11.3 Å². The summed E-state index contributed by atoms with van der Waals surface area (Å²) in [5.41, 5.74) is 20.5. The van der Waals surface area contributed by atoms with E-state index in [9.17, 15) is 0 Å². The Hall–Kier alpha value is -2.14. The van der Waals surface area contributed by atoms with Crippen molar-refractivity contribution in [1.82, 2.24) is 9.97 Å².